The molecule has 0 spiro atoms. The zero-order valence-corrected chi connectivity index (χ0v) is 23.8. The van der Waals surface area contributed by atoms with Gasteiger partial charge in [-0.05, 0) is 60.9 Å². The third-order valence-corrected chi connectivity index (χ3v) is 9.39. The number of rotatable bonds is 8. The minimum absolute atomic E-state index is 0.0710. The van der Waals surface area contributed by atoms with Gasteiger partial charge in [0.25, 0.3) is 5.91 Å². The molecule has 1 aliphatic carbocycles. The quantitative estimate of drug-likeness (QED) is 0.337. The first kappa shape index (κ1) is 27.3. The van der Waals surface area contributed by atoms with Crippen LogP contribution in [0.15, 0.2) is 65.7 Å². The second kappa shape index (κ2) is 10.8. The SMILES string of the molecule is COC1(CN(C)c2cccc(-c3ccc4cnc(CNC(=O)c5ccc6c(c5)S(=O)(=O)CCOC6)cc4n3)n2)CC1. The molecule has 11 heteroatoms. The molecule has 4 aromatic rings. The number of benzene rings is 1. The Morgan fingerprint density at radius 3 is 2.73 bits per heavy atom. The second-order valence-electron chi connectivity index (χ2n) is 10.6. The number of methoxy groups -OCH3 is 1. The predicted molar refractivity (Wildman–Crippen MR) is 154 cm³/mol. The first-order chi connectivity index (χ1) is 19.7. The highest BCUT2D eigenvalue weighted by molar-refractivity contribution is 7.91. The second-order valence-corrected chi connectivity index (χ2v) is 12.6. The van der Waals surface area contributed by atoms with E-state index in [1.807, 2.05) is 43.4 Å². The van der Waals surface area contributed by atoms with Gasteiger partial charge in [-0.25, -0.2) is 18.4 Å². The molecule has 2 aliphatic rings. The molecule has 1 aromatic carbocycles. The average Bonchev–Trinajstić information content (AvgIpc) is 3.79. The molecule has 0 bridgehead atoms. The zero-order chi connectivity index (χ0) is 28.6. The van der Waals surface area contributed by atoms with Crippen LogP contribution >= 0.6 is 0 Å². The molecular weight excluding hydrogens is 542 g/mol. The van der Waals surface area contributed by atoms with Gasteiger partial charge < -0.3 is 19.7 Å². The third-order valence-electron chi connectivity index (χ3n) is 7.63. The van der Waals surface area contributed by atoms with E-state index in [1.54, 1.807) is 25.4 Å². The Bertz CT molecular complexity index is 1740. The Kier molecular flexibility index (Phi) is 7.18. The van der Waals surface area contributed by atoms with Crippen LogP contribution in [-0.2, 0) is 32.5 Å². The molecule has 0 unspecified atom stereocenters. The van der Waals surface area contributed by atoms with Crippen LogP contribution in [0.25, 0.3) is 22.3 Å². The largest absolute Gasteiger partial charge is 0.376 e. The number of fused-ring (bicyclic) bond motifs is 2. The van der Waals surface area contributed by atoms with Crippen LogP contribution in [0.5, 0.6) is 0 Å². The highest BCUT2D eigenvalue weighted by Crippen LogP contribution is 2.40. The van der Waals surface area contributed by atoms with Gasteiger partial charge in [-0.2, -0.15) is 0 Å². The normalized spacial score (nSPS) is 16.9. The first-order valence-corrected chi connectivity index (χ1v) is 15.1. The van der Waals surface area contributed by atoms with E-state index in [4.69, 9.17) is 19.4 Å². The van der Waals surface area contributed by atoms with Crippen LogP contribution in [0, 0.1) is 0 Å². The number of amides is 1. The van der Waals surface area contributed by atoms with E-state index in [9.17, 15) is 13.2 Å². The lowest BCUT2D eigenvalue weighted by molar-refractivity contribution is 0.0866. The number of nitrogens with one attached hydrogen (secondary N) is 1. The molecule has 1 amide bonds. The molecule has 1 N–H and O–H groups in total. The number of ether oxygens (including phenoxy) is 2. The van der Waals surface area contributed by atoms with Gasteiger partial charge in [0.05, 0.1) is 58.6 Å². The van der Waals surface area contributed by atoms with E-state index in [0.29, 0.717) is 11.3 Å². The fraction of sp³-hybridized carbons (Fsp3) is 0.333. The molecule has 1 fully saturated rings. The highest BCUT2D eigenvalue weighted by Gasteiger charge is 2.44. The van der Waals surface area contributed by atoms with Gasteiger partial charge in [-0.3, -0.25) is 9.78 Å². The number of sulfone groups is 1. The van der Waals surface area contributed by atoms with Crippen molar-refractivity contribution >= 4 is 32.5 Å². The van der Waals surface area contributed by atoms with Gasteiger partial charge in [0, 0.05) is 37.8 Å². The number of pyridine rings is 3. The van der Waals surface area contributed by atoms with Crippen molar-refractivity contribution in [3.63, 3.8) is 0 Å². The first-order valence-electron chi connectivity index (χ1n) is 13.5. The van der Waals surface area contributed by atoms with E-state index >= 15 is 0 Å². The fourth-order valence-corrected chi connectivity index (χ4v) is 6.38. The lowest BCUT2D eigenvalue weighted by Gasteiger charge is -2.24. The summed E-state index contributed by atoms with van der Waals surface area (Å²) in [6, 6.07) is 16.3. The Hall–Kier alpha value is -3.93. The summed E-state index contributed by atoms with van der Waals surface area (Å²) in [5.41, 5.74) is 3.61. The number of aromatic nitrogens is 3. The van der Waals surface area contributed by atoms with Crippen LogP contribution in [0.3, 0.4) is 0 Å². The summed E-state index contributed by atoms with van der Waals surface area (Å²) in [6.07, 6.45) is 3.84. The van der Waals surface area contributed by atoms with Gasteiger partial charge in [0.15, 0.2) is 9.84 Å². The summed E-state index contributed by atoms with van der Waals surface area (Å²) < 4.78 is 36.2. The van der Waals surface area contributed by atoms with Crippen molar-refractivity contribution in [3.05, 3.63) is 77.6 Å². The van der Waals surface area contributed by atoms with Gasteiger partial charge >= 0.3 is 0 Å². The molecule has 1 aliphatic heterocycles. The number of carbonyl (C=O) groups is 1. The number of hydrogen-bond donors (Lipinski definition) is 1. The average molecular weight is 574 g/mol. The molecule has 3 aromatic heterocycles. The van der Waals surface area contributed by atoms with Crippen molar-refractivity contribution < 1.29 is 22.7 Å². The standard InChI is InChI=1S/C30H31N5O5S/c1-35(19-30(39-2)10-11-30)28-5-3-4-24(34-28)25-9-8-21-16-31-23(15-26(21)33-25)17-32-29(36)20-6-7-22-18-40-12-13-41(37,38)27(22)14-20/h3-9,14-16H,10-13,17-19H2,1-2H3,(H,32,36). The maximum Gasteiger partial charge on any atom is 0.251 e. The fourth-order valence-electron chi connectivity index (χ4n) is 4.99. The van der Waals surface area contributed by atoms with Crippen LogP contribution < -0.4 is 10.2 Å². The van der Waals surface area contributed by atoms with Crippen LogP contribution in [0.2, 0.25) is 0 Å². The lowest BCUT2D eigenvalue weighted by atomic mass is 10.1. The Morgan fingerprint density at radius 1 is 1.10 bits per heavy atom. The Balaban J connectivity index is 1.18. The molecule has 10 nitrogen and oxygen atoms in total. The van der Waals surface area contributed by atoms with E-state index in [2.05, 4.69) is 15.2 Å². The maximum absolute atomic E-state index is 12.9. The van der Waals surface area contributed by atoms with Crippen molar-refractivity contribution in [3.8, 4) is 11.4 Å². The summed E-state index contributed by atoms with van der Waals surface area (Å²) in [5.74, 6) is 0.360. The molecule has 4 heterocycles. The van der Waals surface area contributed by atoms with Gasteiger partial charge in [-0.1, -0.05) is 12.1 Å². The van der Waals surface area contributed by atoms with Gasteiger partial charge in [-0.15, -0.1) is 0 Å². The van der Waals surface area contributed by atoms with Crippen molar-refractivity contribution in [2.24, 2.45) is 0 Å². The number of nitrogens with zero attached hydrogens (tertiary/aromatic N) is 4. The van der Waals surface area contributed by atoms with Gasteiger partial charge in [0.2, 0.25) is 0 Å². The smallest absolute Gasteiger partial charge is 0.251 e. The molecular formula is C30H31N5O5S. The molecule has 0 atom stereocenters. The maximum atomic E-state index is 12.9. The van der Waals surface area contributed by atoms with Crippen LogP contribution in [0.1, 0.15) is 34.5 Å². The lowest BCUT2D eigenvalue weighted by Crippen LogP contribution is -2.32. The topological polar surface area (TPSA) is 124 Å². The van der Waals surface area contributed by atoms with Crippen molar-refractivity contribution in [2.75, 3.05) is 38.0 Å². The van der Waals surface area contributed by atoms with Crippen LogP contribution in [-0.4, -0.2) is 67.9 Å². The molecule has 1 saturated carbocycles. The molecule has 0 saturated heterocycles. The summed E-state index contributed by atoms with van der Waals surface area (Å²) >= 11 is 0. The third kappa shape index (κ3) is 5.79. The summed E-state index contributed by atoms with van der Waals surface area (Å²) in [4.78, 5) is 29.3. The summed E-state index contributed by atoms with van der Waals surface area (Å²) in [6.45, 7) is 1.28. The van der Waals surface area contributed by atoms with E-state index in [-0.39, 0.29) is 47.5 Å². The Labute approximate surface area is 238 Å². The highest BCUT2D eigenvalue weighted by atomic mass is 32.2. The number of carbonyl (C=O) groups excluding carboxylic acids is 1. The monoisotopic (exact) mass is 573 g/mol. The molecule has 41 heavy (non-hydrogen) atoms. The van der Waals surface area contributed by atoms with Gasteiger partial charge in [0.1, 0.15) is 5.82 Å². The number of hydrogen-bond acceptors (Lipinski definition) is 9. The van der Waals surface area contributed by atoms with E-state index < -0.39 is 9.84 Å². The van der Waals surface area contributed by atoms with E-state index in [1.165, 1.54) is 6.07 Å². The van der Waals surface area contributed by atoms with Crippen molar-refractivity contribution in [1.82, 2.24) is 20.3 Å². The van der Waals surface area contributed by atoms with E-state index in [0.717, 1.165) is 47.5 Å². The van der Waals surface area contributed by atoms with Crippen molar-refractivity contribution in [2.45, 2.75) is 36.5 Å². The zero-order valence-electron chi connectivity index (χ0n) is 23.0. The minimum Gasteiger partial charge on any atom is -0.376 e. The number of likely N-dealkylation sites (N-methyl/N-ethyl adjacent to an activating group) is 1. The number of anilines is 1. The summed E-state index contributed by atoms with van der Waals surface area (Å²) in [5, 5.41) is 3.71. The minimum atomic E-state index is -3.51. The molecule has 212 valence electrons. The molecule has 6 rings (SSSR count). The summed E-state index contributed by atoms with van der Waals surface area (Å²) in [7, 11) is 0.271. The predicted octanol–water partition coefficient (Wildman–Crippen LogP) is 3.54. The molecule has 0 radical (unpaired) electrons. The Morgan fingerprint density at radius 2 is 1.93 bits per heavy atom. The van der Waals surface area contributed by atoms with Crippen molar-refractivity contribution in [1.29, 1.82) is 0 Å². The van der Waals surface area contributed by atoms with Crippen LogP contribution in [0.4, 0.5) is 5.82 Å².